The molecule has 1 aliphatic heterocycles. The van der Waals surface area contributed by atoms with Gasteiger partial charge < -0.3 is 10.6 Å². The molecule has 1 aliphatic rings. The van der Waals surface area contributed by atoms with Crippen molar-refractivity contribution in [1.29, 1.82) is 0 Å². The summed E-state index contributed by atoms with van der Waals surface area (Å²) in [6.45, 7) is 2.91. The fourth-order valence-corrected chi connectivity index (χ4v) is 3.50. The zero-order chi connectivity index (χ0) is 13.1. The molecule has 0 radical (unpaired) electrons. The Labute approximate surface area is 117 Å². The third-order valence-electron chi connectivity index (χ3n) is 3.60. The molecule has 100 valence electrons. The zero-order valence-electron chi connectivity index (χ0n) is 10.8. The highest BCUT2D eigenvalue weighted by molar-refractivity contribution is 7.20. The Hall–Kier alpha value is -1.39. The fourth-order valence-electron chi connectivity index (χ4n) is 2.52. The minimum Gasteiger partial charge on any atom is -0.351 e. The Morgan fingerprint density at radius 3 is 3.11 bits per heavy atom. The first kappa shape index (κ1) is 12.6. The van der Waals surface area contributed by atoms with E-state index in [1.54, 1.807) is 11.3 Å². The predicted octanol–water partition coefficient (Wildman–Crippen LogP) is 2.63. The molecule has 0 bridgehead atoms. The molecule has 2 aromatic rings. The van der Waals surface area contributed by atoms with Gasteiger partial charge in [-0.3, -0.25) is 4.79 Å². The number of benzene rings is 1. The molecule has 1 fully saturated rings. The maximum absolute atomic E-state index is 12.1. The molecule has 1 saturated heterocycles. The summed E-state index contributed by atoms with van der Waals surface area (Å²) >= 11 is 1.56. The van der Waals surface area contributed by atoms with E-state index in [0.717, 1.165) is 29.9 Å². The SMILES string of the molecule is O=C(NCC1CCCNC1)c1cc2ccccc2s1. The van der Waals surface area contributed by atoms with Gasteiger partial charge in [0, 0.05) is 11.2 Å². The van der Waals surface area contributed by atoms with Gasteiger partial charge in [-0.1, -0.05) is 18.2 Å². The van der Waals surface area contributed by atoms with Crippen LogP contribution in [0.1, 0.15) is 22.5 Å². The smallest absolute Gasteiger partial charge is 0.261 e. The number of piperidine rings is 1. The van der Waals surface area contributed by atoms with Crippen molar-refractivity contribution >= 4 is 27.3 Å². The van der Waals surface area contributed by atoms with Crippen LogP contribution in [0.4, 0.5) is 0 Å². The largest absolute Gasteiger partial charge is 0.351 e. The van der Waals surface area contributed by atoms with Crippen LogP contribution >= 0.6 is 11.3 Å². The van der Waals surface area contributed by atoms with Crippen molar-refractivity contribution in [2.24, 2.45) is 5.92 Å². The van der Waals surface area contributed by atoms with Crippen LogP contribution < -0.4 is 10.6 Å². The first-order chi connectivity index (χ1) is 9.33. The Morgan fingerprint density at radius 2 is 2.32 bits per heavy atom. The van der Waals surface area contributed by atoms with Crippen molar-refractivity contribution in [3.8, 4) is 0 Å². The van der Waals surface area contributed by atoms with Crippen molar-refractivity contribution < 1.29 is 4.79 Å². The molecule has 1 aromatic carbocycles. The van der Waals surface area contributed by atoms with Gasteiger partial charge in [0.2, 0.25) is 0 Å². The molecule has 1 unspecified atom stereocenters. The molecule has 4 heteroatoms. The Morgan fingerprint density at radius 1 is 1.42 bits per heavy atom. The predicted molar refractivity (Wildman–Crippen MR) is 79.8 cm³/mol. The summed E-state index contributed by atoms with van der Waals surface area (Å²) < 4.78 is 1.17. The molecular formula is C15H18N2OS. The molecule has 0 spiro atoms. The monoisotopic (exact) mass is 274 g/mol. The quantitative estimate of drug-likeness (QED) is 0.903. The maximum Gasteiger partial charge on any atom is 0.261 e. The van der Waals surface area contributed by atoms with E-state index in [0.29, 0.717) is 5.92 Å². The fraction of sp³-hybridized carbons (Fsp3) is 0.400. The Kier molecular flexibility index (Phi) is 3.80. The summed E-state index contributed by atoms with van der Waals surface area (Å²) in [5.74, 6) is 0.638. The van der Waals surface area contributed by atoms with Crippen LogP contribution in [0.15, 0.2) is 30.3 Å². The molecule has 2 heterocycles. The second-order valence-corrected chi connectivity index (χ2v) is 6.15. The number of nitrogens with one attached hydrogen (secondary N) is 2. The van der Waals surface area contributed by atoms with Gasteiger partial charge in [-0.25, -0.2) is 0 Å². The second-order valence-electron chi connectivity index (χ2n) is 5.07. The molecular weight excluding hydrogens is 256 g/mol. The van der Waals surface area contributed by atoms with Gasteiger partial charge in [0.1, 0.15) is 0 Å². The van der Waals surface area contributed by atoms with Crippen molar-refractivity contribution in [2.45, 2.75) is 12.8 Å². The number of carbonyl (C=O) groups excluding carboxylic acids is 1. The molecule has 0 aliphatic carbocycles. The normalized spacial score (nSPS) is 19.5. The van der Waals surface area contributed by atoms with Gasteiger partial charge in [-0.15, -0.1) is 11.3 Å². The number of hydrogen-bond acceptors (Lipinski definition) is 3. The second kappa shape index (κ2) is 5.72. The number of amides is 1. The van der Waals surface area contributed by atoms with Crippen molar-refractivity contribution in [3.63, 3.8) is 0 Å². The lowest BCUT2D eigenvalue weighted by Gasteiger charge is -2.22. The summed E-state index contributed by atoms with van der Waals surface area (Å²) in [6.07, 6.45) is 2.42. The highest BCUT2D eigenvalue weighted by atomic mass is 32.1. The Balaban J connectivity index is 1.63. The number of carbonyl (C=O) groups is 1. The summed E-state index contributed by atoms with van der Waals surface area (Å²) in [5, 5.41) is 7.58. The third kappa shape index (κ3) is 2.96. The van der Waals surface area contributed by atoms with Gasteiger partial charge >= 0.3 is 0 Å². The van der Waals surface area contributed by atoms with Crippen LogP contribution in [0.5, 0.6) is 0 Å². The van der Waals surface area contributed by atoms with Gasteiger partial charge in [-0.2, -0.15) is 0 Å². The average Bonchev–Trinajstić information content (AvgIpc) is 2.90. The van der Waals surface area contributed by atoms with Crippen molar-refractivity contribution in [3.05, 3.63) is 35.2 Å². The summed E-state index contributed by atoms with van der Waals surface area (Å²) in [7, 11) is 0. The molecule has 3 rings (SSSR count). The first-order valence-corrected chi connectivity index (χ1v) is 7.62. The third-order valence-corrected chi connectivity index (χ3v) is 4.71. The zero-order valence-corrected chi connectivity index (χ0v) is 11.6. The lowest BCUT2D eigenvalue weighted by molar-refractivity contribution is 0.0949. The standard InChI is InChI=1S/C15H18N2OS/c18-15(17-10-11-4-3-7-16-9-11)14-8-12-5-1-2-6-13(12)19-14/h1-2,5-6,8,11,16H,3-4,7,9-10H2,(H,17,18). The van der Waals surface area contributed by atoms with Crippen LogP contribution in [0.2, 0.25) is 0 Å². The van der Waals surface area contributed by atoms with Crippen LogP contribution in [-0.4, -0.2) is 25.5 Å². The van der Waals surface area contributed by atoms with Crippen LogP contribution in [0.25, 0.3) is 10.1 Å². The average molecular weight is 274 g/mol. The maximum atomic E-state index is 12.1. The number of hydrogen-bond donors (Lipinski definition) is 2. The molecule has 1 amide bonds. The van der Waals surface area contributed by atoms with Gasteiger partial charge in [-0.05, 0) is 49.4 Å². The molecule has 3 nitrogen and oxygen atoms in total. The Bertz CT molecular complexity index is 539. The van der Waals surface area contributed by atoms with Crippen molar-refractivity contribution in [2.75, 3.05) is 19.6 Å². The van der Waals surface area contributed by atoms with Crippen LogP contribution in [0, 0.1) is 5.92 Å². The van der Waals surface area contributed by atoms with E-state index in [-0.39, 0.29) is 5.91 Å². The highest BCUT2D eigenvalue weighted by Gasteiger charge is 2.15. The highest BCUT2D eigenvalue weighted by Crippen LogP contribution is 2.25. The molecule has 1 atom stereocenters. The van der Waals surface area contributed by atoms with Crippen LogP contribution in [0.3, 0.4) is 0 Å². The van der Waals surface area contributed by atoms with E-state index in [1.165, 1.54) is 17.5 Å². The minimum absolute atomic E-state index is 0.0618. The topological polar surface area (TPSA) is 41.1 Å². The molecule has 19 heavy (non-hydrogen) atoms. The number of fused-ring (bicyclic) bond motifs is 1. The lowest BCUT2D eigenvalue weighted by atomic mass is 10.00. The van der Waals surface area contributed by atoms with Gasteiger partial charge in [0.05, 0.1) is 4.88 Å². The molecule has 0 saturated carbocycles. The van der Waals surface area contributed by atoms with Gasteiger partial charge in [0.25, 0.3) is 5.91 Å². The lowest BCUT2D eigenvalue weighted by Crippen LogP contribution is -2.37. The minimum atomic E-state index is 0.0618. The van der Waals surface area contributed by atoms with E-state index < -0.39 is 0 Å². The summed E-state index contributed by atoms with van der Waals surface area (Å²) in [4.78, 5) is 12.9. The van der Waals surface area contributed by atoms with E-state index in [2.05, 4.69) is 16.7 Å². The van der Waals surface area contributed by atoms with Crippen molar-refractivity contribution in [1.82, 2.24) is 10.6 Å². The number of thiophene rings is 1. The summed E-state index contributed by atoms with van der Waals surface area (Å²) in [6, 6.07) is 10.1. The van der Waals surface area contributed by atoms with E-state index >= 15 is 0 Å². The van der Waals surface area contributed by atoms with E-state index in [1.807, 2.05) is 24.3 Å². The van der Waals surface area contributed by atoms with E-state index in [4.69, 9.17) is 0 Å². The summed E-state index contributed by atoms with van der Waals surface area (Å²) in [5.41, 5.74) is 0. The van der Waals surface area contributed by atoms with Gasteiger partial charge in [0.15, 0.2) is 0 Å². The number of rotatable bonds is 3. The molecule has 2 N–H and O–H groups in total. The van der Waals surface area contributed by atoms with Crippen LogP contribution in [-0.2, 0) is 0 Å². The first-order valence-electron chi connectivity index (χ1n) is 6.80. The van der Waals surface area contributed by atoms with E-state index in [9.17, 15) is 4.79 Å². The molecule has 1 aromatic heterocycles.